The molecule has 0 radical (unpaired) electrons. The molecule has 3 heterocycles. The number of likely N-dealkylation sites (tertiary alicyclic amines) is 2. The number of fused-ring (bicyclic) bond motifs is 1. The van der Waals surface area contributed by atoms with Crippen LogP contribution in [0.15, 0.2) is 124 Å². The standard InChI is InChI=1S/C49H60N2O7Si/c1-34(28-38-21-22-39(31-52)58-38)20-23-44(54)45-36(33-57-59(49(2,3)4,40-16-10-6-11-17-40)41-18-12-7-13-19-41)29-42-46(43(45)32-53)48(56)51(47(42)55)37-24-26-50(27-25-37)30-35-14-8-5-9-15-35/h5-19,21-22,28,37,42-44,46,52-54H,20,23-27,29-33H2,1-4H3/b34-28+/t42-,43+,44-,46-/m1/s1. The van der Waals surface area contributed by atoms with Gasteiger partial charge in [-0.2, -0.15) is 0 Å². The number of hydrogen-bond acceptors (Lipinski definition) is 8. The van der Waals surface area contributed by atoms with E-state index < -0.39 is 32.2 Å². The van der Waals surface area contributed by atoms with Crippen LogP contribution in [0.3, 0.4) is 0 Å². The first-order valence-electron chi connectivity index (χ1n) is 21.2. The van der Waals surface area contributed by atoms with E-state index >= 15 is 0 Å². The molecular formula is C49H60N2O7Si. The number of piperidine rings is 1. The van der Waals surface area contributed by atoms with Gasteiger partial charge in [0.1, 0.15) is 18.1 Å². The van der Waals surface area contributed by atoms with Crippen LogP contribution in [0.2, 0.25) is 5.04 Å². The topological polar surface area (TPSA) is 124 Å². The van der Waals surface area contributed by atoms with Crippen molar-refractivity contribution in [2.24, 2.45) is 17.8 Å². The maximum absolute atomic E-state index is 14.6. The zero-order valence-corrected chi connectivity index (χ0v) is 35.9. The average molecular weight is 817 g/mol. The smallest absolute Gasteiger partial charge is 0.261 e. The highest BCUT2D eigenvalue weighted by molar-refractivity contribution is 6.99. The van der Waals surface area contributed by atoms with E-state index in [-0.39, 0.29) is 49.1 Å². The summed E-state index contributed by atoms with van der Waals surface area (Å²) in [5, 5.41) is 34.9. The molecule has 312 valence electrons. The summed E-state index contributed by atoms with van der Waals surface area (Å²) in [6, 6.07) is 34.4. The second-order valence-electron chi connectivity index (χ2n) is 17.7. The fourth-order valence-corrected chi connectivity index (χ4v) is 14.5. The maximum Gasteiger partial charge on any atom is 0.261 e. The van der Waals surface area contributed by atoms with E-state index in [1.165, 1.54) is 10.5 Å². The number of amides is 2. The molecule has 0 spiro atoms. The van der Waals surface area contributed by atoms with Crippen LogP contribution in [0.1, 0.15) is 76.9 Å². The average Bonchev–Trinajstić information content (AvgIpc) is 3.80. The SMILES string of the molecule is C/C(=C\c1ccc(CO)o1)CC[C@@H](O)C1=C(CO[Si](c2ccccc2)(c2ccccc2)C(C)(C)C)C[C@H]2C(=O)N(C3CCN(Cc4ccccc4)CC3)C(=O)[C@H]2[C@H]1CO. The molecule has 2 aliphatic heterocycles. The molecule has 9 nitrogen and oxygen atoms in total. The minimum absolute atomic E-state index is 0.157. The Kier molecular flexibility index (Phi) is 13.4. The number of imide groups is 1. The van der Waals surface area contributed by atoms with Gasteiger partial charge in [0.25, 0.3) is 8.32 Å². The molecule has 0 bridgehead atoms. The Morgan fingerprint density at radius 1 is 0.881 bits per heavy atom. The Morgan fingerprint density at radius 3 is 2.05 bits per heavy atom. The lowest BCUT2D eigenvalue weighted by Gasteiger charge is -2.44. The van der Waals surface area contributed by atoms with Gasteiger partial charge in [0.15, 0.2) is 0 Å². The molecule has 10 heteroatoms. The summed E-state index contributed by atoms with van der Waals surface area (Å²) in [5.74, 6) is -1.44. The molecule has 0 unspecified atom stereocenters. The van der Waals surface area contributed by atoms with Crippen LogP contribution < -0.4 is 10.4 Å². The van der Waals surface area contributed by atoms with Gasteiger partial charge in [-0.15, -0.1) is 0 Å². The summed E-state index contributed by atoms with van der Waals surface area (Å²) in [4.78, 5) is 33.1. The van der Waals surface area contributed by atoms with Crippen LogP contribution in [-0.4, -0.2) is 83.7 Å². The molecule has 3 aromatic carbocycles. The maximum atomic E-state index is 14.6. The van der Waals surface area contributed by atoms with Crippen molar-refractivity contribution in [3.05, 3.63) is 137 Å². The lowest BCUT2D eigenvalue weighted by molar-refractivity contribution is -0.144. The van der Waals surface area contributed by atoms with Gasteiger partial charge >= 0.3 is 0 Å². The van der Waals surface area contributed by atoms with Gasteiger partial charge in [0, 0.05) is 31.6 Å². The molecule has 59 heavy (non-hydrogen) atoms. The molecule has 2 saturated heterocycles. The Morgan fingerprint density at radius 2 is 1.49 bits per heavy atom. The van der Waals surface area contributed by atoms with E-state index in [4.69, 9.17) is 8.84 Å². The second-order valence-corrected chi connectivity index (χ2v) is 22.0. The molecule has 4 atom stereocenters. The third kappa shape index (κ3) is 8.90. The molecule has 3 N–H and O–H groups in total. The molecule has 1 aromatic heterocycles. The second kappa shape index (κ2) is 18.5. The van der Waals surface area contributed by atoms with Crippen LogP contribution in [0.25, 0.3) is 6.08 Å². The van der Waals surface area contributed by atoms with Crippen molar-refractivity contribution in [2.45, 2.75) is 90.1 Å². The zero-order valence-electron chi connectivity index (χ0n) is 34.9. The van der Waals surface area contributed by atoms with Crippen molar-refractivity contribution >= 4 is 36.6 Å². The Balaban J connectivity index is 1.20. The molecule has 0 saturated carbocycles. The number of nitrogens with zero attached hydrogens (tertiary/aromatic N) is 2. The summed E-state index contributed by atoms with van der Waals surface area (Å²) in [6.07, 6.45) is 3.45. The number of aliphatic hydroxyl groups excluding tert-OH is 3. The number of carbonyl (C=O) groups is 2. The van der Waals surface area contributed by atoms with Crippen molar-refractivity contribution in [1.82, 2.24) is 9.80 Å². The number of aliphatic hydroxyl groups is 3. The lowest BCUT2D eigenvalue weighted by Crippen LogP contribution is -2.66. The zero-order chi connectivity index (χ0) is 41.7. The third-order valence-corrected chi connectivity index (χ3v) is 17.8. The van der Waals surface area contributed by atoms with Crippen molar-refractivity contribution in [1.29, 1.82) is 0 Å². The Labute approximate surface area is 350 Å². The van der Waals surface area contributed by atoms with E-state index in [2.05, 4.69) is 62.1 Å². The minimum Gasteiger partial charge on any atom is -0.459 e. The van der Waals surface area contributed by atoms with Gasteiger partial charge in [-0.25, -0.2) is 0 Å². The van der Waals surface area contributed by atoms with Crippen LogP contribution in [0.4, 0.5) is 0 Å². The van der Waals surface area contributed by atoms with Gasteiger partial charge in [0.05, 0.1) is 31.2 Å². The van der Waals surface area contributed by atoms with Gasteiger partial charge in [0.2, 0.25) is 11.8 Å². The predicted molar refractivity (Wildman–Crippen MR) is 233 cm³/mol. The molecule has 3 aliphatic rings. The number of furan rings is 1. The highest BCUT2D eigenvalue weighted by Gasteiger charge is 2.57. The van der Waals surface area contributed by atoms with E-state index in [0.29, 0.717) is 42.8 Å². The van der Waals surface area contributed by atoms with Crippen molar-refractivity contribution < 1.29 is 33.8 Å². The van der Waals surface area contributed by atoms with Crippen LogP contribution >= 0.6 is 0 Å². The number of carbonyl (C=O) groups excluding carboxylic acids is 2. The van der Waals surface area contributed by atoms with Crippen molar-refractivity contribution in [2.75, 3.05) is 26.3 Å². The Bertz CT molecular complexity index is 2060. The summed E-state index contributed by atoms with van der Waals surface area (Å²) < 4.78 is 13.1. The van der Waals surface area contributed by atoms with E-state index in [1.807, 2.05) is 67.6 Å². The highest BCUT2D eigenvalue weighted by Crippen LogP contribution is 2.48. The van der Waals surface area contributed by atoms with E-state index in [1.54, 1.807) is 12.1 Å². The van der Waals surface area contributed by atoms with E-state index in [0.717, 1.165) is 41.2 Å². The first-order valence-corrected chi connectivity index (χ1v) is 23.1. The molecule has 1 aliphatic carbocycles. The molecule has 4 aromatic rings. The van der Waals surface area contributed by atoms with Crippen molar-refractivity contribution in [3.8, 4) is 0 Å². The Hall–Kier alpha value is -4.42. The van der Waals surface area contributed by atoms with Gasteiger partial charge in [-0.1, -0.05) is 117 Å². The summed E-state index contributed by atoms with van der Waals surface area (Å²) in [6.45, 7) is 10.6. The minimum atomic E-state index is -3.03. The monoisotopic (exact) mass is 816 g/mol. The number of allylic oxidation sites excluding steroid dienone is 1. The lowest BCUT2D eigenvalue weighted by atomic mass is 9.68. The number of hydrogen-bond donors (Lipinski definition) is 3. The fraction of sp³-hybridized carbons (Fsp3) is 0.429. The van der Waals surface area contributed by atoms with Crippen LogP contribution in [0.5, 0.6) is 0 Å². The first-order chi connectivity index (χ1) is 28.4. The molecule has 7 rings (SSSR count). The third-order valence-electron chi connectivity index (χ3n) is 12.9. The summed E-state index contributed by atoms with van der Waals surface area (Å²) in [5.41, 5.74) is 3.63. The normalized spacial score (nSPS) is 21.6. The van der Waals surface area contributed by atoms with Gasteiger partial charge < -0.3 is 24.2 Å². The fourth-order valence-electron chi connectivity index (χ4n) is 10.0. The number of benzene rings is 3. The predicted octanol–water partition coefficient (Wildman–Crippen LogP) is 6.47. The first kappa shape index (κ1) is 42.7. The largest absolute Gasteiger partial charge is 0.459 e. The van der Waals surface area contributed by atoms with Crippen LogP contribution in [-0.2, 0) is 27.2 Å². The van der Waals surface area contributed by atoms with Gasteiger partial charge in [-0.05, 0) is 89.4 Å². The molecule has 2 amide bonds. The van der Waals surface area contributed by atoms with Gasteiger partial charge in [-0.3, -0.25) is 19.4 Å². The summed E-state index contributed by atoms with van der Waals surface area (Å²) in [7, 11) is -3.03. The van der Waals surface area contributed by atoms with Crippen molar-refractivity contribution in [3.63, 3.8) is 0 Å². The molecule has 2 fully saturated rings. The molecular weight excluding hydrogens is 757 g/mol. The van der Waals surface area contributed by atoms with E-state index in [9.17, 15) is 24.9 Å². The quantitative estimate of drug-likeness (QED) is 0.0710. The number of rotatable bonds is 15. The van der Waals surface area contributed by atoms with Crippen LogP contribution in [0, 0.1) is 17.8 Å². The summed E-state index contributed by atoms with van der Waals surface area (Å²) >= 11 is 0. The highest BCUT2D eigenvalue weighted by atomic mass is 28.4.